The van der Waals surface area contributed by atoms with E-state index in [0.717, 1.165) is 23.9 Å². The van der Waals surface area contributed by atoms with Gasteiger partial charge in [0.2, 0.25) is 5.95 Å². The first-order chi connectivity index (χ1) is 9.27. The molecule has 2 heterocycles. The van der Waals surface area contributed by atoms with Crippen LogP contribution in [0.1, 0.15) is 26.2 Å². The molecule has 3 rings (SSSR count). The Kier molecular flexibility index (Phi) is 3.23. The highest BCUT2D eigenvalue weighted by molar-refractivity contribution is 5.57. The van der Waals surface area contributed by atoms with Crippen molar-refractivity contribution < 1.29 is 0 Å². The van der Waals surface area contributed by atoms with Gasteiger partial charge in [0.1, 0.15) is 0 Å². The van der Waals surface area contributed by atoms with E-state index in [1.807, 2.05) is 18.2 Å². The molecular formula is C15H20N4. The highest BCUT2D eigenvalue weighted by Gasteiger charge is 2.23. The first-order valence-corrected chi connectivity index (χ1v) is 6.99. The van der Waals surface area contributed by atoms with Crippen molar-refractivity contribution in [3.05, 3.63) is 30.3 Å². The van der Waals surface area contributed by atoms with Crippen molar-refractivity contribution in [2.75, 3.05) is 11.4 Å². The van der Waals surface area contributed by atoms with Crippen LogP contribution in [0.15, 0.2) is 30.3 Å². The quantitative estimate of drug-likeness (QED) is 0.828. The summed E-state index contributed by atoms with van der Waals surface area (Å²) in [4.78, 5) is 2.38. The van der Waals surface area contributed by atoms with Gasteiger partial charge in [-0.3, -0.25) is 4.57 Å². The average molecular weight is 256 g/mol. The maximum absolute atomic E-state index is 4.41. The minimum absolute atomic E-state index is 0.556. The van der Waals surface area contributed by atoms with Gasteiger partial charge >= 0.3 is 0 Å². The number of piperidine rings is 1. The van der Waals surface area contributed by atoms with Crippen LogP contribution in [-0.2, 0) is 7.05 Å². The number of nitrogens with zero attached hydrogens (tertiary/aromatic N) is 4. The summed E-state index contributed by atoms with van der Waals surface area (Å²) in [5.74, 6) is 1.93. The first-order valence-electron chi connectivity index (χ1n) is 6.99. The summed E-state index contributed by atoms with van der Waals surface area (Å²) in [6.07, 6.45) is 3.81. The van der Waals surface area contributed by atoms with E-state index in [-0.39, 0.29) is 0 Å². The van der Waals surface area contributed by atoms with Crippen LogP contribution in [0.5, 0.6) is 0 Å². The molecule has 1 aromatic carbocycles. The lowest BCUT2D eigenvalue weighted by Crippen LogP contribution is -2.39. The van der Waals surface area contributed by atoms with Crippen LogP contribution in [0.4, 0.5) is 5.95 Å². The summed E-state index contributed by atoms with van der Waals surface area (Å²) >= 11 is 0. The molecule has 1 aromatic heterocycles. The Bertz CT molecular complexity index is 547. The molecule has 0 aliphatic carbocycles. The fraction of sp³-hybridized carbons (Fsp3) is 0.467. The number of benzene rings is 1. The van der Waals surface area contributed by atoms with E-state index >= 15 is 0 Å². The van der Waals surface area contributed by atoms with Crippen LogP contribution in [0.25, 0.3) is 11.4 Å². The van der Waals surface area contributed by atoms with Crippen LogP contribution in [0.2, 0.25) is 0 Å². The van der Waals surface area contributed by atoms with Gasteiger partial charge in [0, 0.05) is 25.2 Å². The highest BCUT2D eigenvalue weighted by atomic mass is 15.4. The normalized spacial score (nSPS) is 19.7. The fourth-order valence-corrected chi connectivity index (χ4v) is 2.80. The van der Waals surface area contributed by atoms with Gasteiger partial charge in [-0.05, 0) is 26.2 Å². The molecule has 1 aliphatic rings. The van der Waals surface area contributed by atoms with E-state index in [0.29, 0.717) is 6.04 Å². The van der Waals surface area contributed by atoms with Crippen molar-refractivity contribution in [1.82, 2.24) is 14.8 Å². The molecule has 0 bridgehead atoms. The van der Waals surface area contributed by atoms with Gasteiger partial charge in [-0.1, -0.05) is 30.3 Å². The molecule has 0 saturated carbocycles. The summed E-state index contributed by atoms with van der Waals surface area (Å²) < 4.78 is 2.11. The molecule has 1 aliphatic heterocycles. The van der Waals surface area contributed by atoms with Crippen molar-refractivity contribution in [3.8, 4) is 11.4 Å². The van der Waals surface area contributed by atoms with Gasteiger partial charge in [0.25, 0.3) is 0 Å². The minimum Gasteiger partial charge on any atom is -0.338 e. The lowest BCUT2D eigenvalue weighted by Gasteiger charge is -2.33. The van der Waals surface area contributed by atoms with E-state index in [4.69, 9.17) is 0 Å². The van der Waals surface area contributed by atoms with Crippen LogP contribution in [-0.4, -0.2) is 27.4 Å². The Morgan fingerprint density at radius 1 is 1.11 bits per heavy atom. The van der Waals surface area contributed by atoms with E-state index in [2.05, 4.69) is 45.8 Å². The van der Waals surface area contributed by atoms with Crippen LogP contribution in [0, 0.1) is 0 Å². The van der Waals surface area contributed by atoms with Crippen molar-refractivity contribution in [3.63, 3.8) is 0 Å². The number of rotatable bonds is 2. The van der Waals surface area contributed by atoms with Crippen LogP contribution >= 0.6 is 0 Å². The number of hydrogen-bond acceptors (Lipinski definition) is 3. The molecule has 0 N–H and O–H groups in total. The third-order valence-electron chi connectivity index (χ3n) is 3.94. The largest absolute Gasteiger partial charge is 0.338 e. The Hall–Kier alpha value is -1.84. The molecule has 0 amide bonds. The SMILES string of the molecule is C[C@@H]1CCCCN1c1nnc(-c2ccccc2)n1C. The zero-order valence-corrected chi connectivity index (χ0v) is 11.6. The summed E-state index contributed by atoms with van der Waals surface area (Å²) in [7, 11) is 2.05. The van der Waals surface area contributed by atoms with Gasteiger partial charge in [0.15, 0.2) is 5.82 Å². The van der Waals surface area contributed by atoms with Gasteiger partial charge in [0.05, 0.1) is 0 Å². The molecule has 1 saturated heterocycles. The molecule has 100 valence electrons. The predicted molar refractivity (Wildman–Crippen MR) is 77.1 cm³/mol. The summed E-state index contributed by atoms with van der Waals surface area (Å²) in [5.41, 5.74) is 1.12. The van der Waals surface area contributed by atoms with Crippen molar-refractivity contribution in [2.24, 2.45) is 7.05 Å². The Balaban J connectivity index is 1.95. The summed E-state index contributed by atoms with van der Waals surface area (Å²) in [5, 5.41) is 8.77. The summed E-state index contributed by atoms with van der Waals surface area (Å²) in [6.45, 7) is 3.36. The molecule has 4 nitrogen and oxygen atoms in total. The van der Waals surface area contributed by atoms with Gasteiger partial charge in [-0.25, -0.2) is 0 Å². The van der Waals surface area contributed by atoms with Crippen molar-refractivity contribution >= 4 is 5.95 Å². The third-order valence-corrected chi connectivity index (χ3v) is 3.94. The lowest BCUT2D eigenvalue weighted by atomic mass is 10.0. The Morgan fingerprint density at radius 3 is 2.63 bits per heavy atom. The Labute approximate surface area is 114 Å². The molecule has 2 aromatic rings. The predicted octanol–water partition coefficient (Wildman–Crippen LogP) is 2.86. The zero-order valence-electron chi connectivity index (χ0n) is 11.6. The molecule has 19 heavy (non-hydrogen) atoms. The summed E-state index contributed by atoms with van der Waals surface area (Å²) in [6, 6.07) is 10.8. The highest BCUT2D eigenvalue weighted by Crippen LogP contribution is 2.26. The van der Waals surface area contributed by atoms with Gasteiger partial charge < -0.3 is 4.90 Å². The van der Waals surface area contributed by atoms with E-state index in [9.17, 15) is 0 Å². The maximum Gasteiger partial charge on any atom is 0.227 e. The maximum atomic E-state index is 4.41. The molecule has 0 radical (unpaired) electrons. The molecule has 1 atom stereocenters. The molecule has 1 fully saturated rings. The minimum atomic E-state index is 0.556. The second-order valence-corrected chi connectivity index (χ2v) is 5.29. The number of anilines is 1. The van der Waals surface area contributed by atoms with Crippen molar-refractivity contribution in [2.45, 2.75) is 32.2 Å². The second-order valence-electron chi connectivity index (χ2n) is 5.29. The number of hydrogen-bond donors (Lipinski definition) is 0. The molecule has 0 spiro atoms. The van der Waals surface area contributed by atoms with Crippen LogP contribution in [0.3, 0.4) is 0 Å². The first kappa shape index (κ1) is 12.2. The monoisotopic (exact) mass is 256 g/mol. The van der Waals surface area contributed by atoms with Crippen molar-refractivity contribution in [1.29, 1.82) is 0 Å². The smallest absolute Gasteiger partial charge is 0.227 e. The van der Waals surface area contributed by atoms with Crippen LogP contribution < -0.4 is 4.90 Å². The topological polar surface area (TPSA) is 34.0 Å². The van der Waals surface area contributed by atoms with Gasteiger partial charge in [-0.15, -0.1) is 10.2 Å². The van der Waals surface area contributed by atoms with E-state index < -0.39 is 0 Å². The molecular weight excluding hydrogens is 236 g/mol. The van der Waals surface area contributed by atoms with E-state index in [1.165, 1.54) is 19.3 Å². The van der Waals surface area contributed by atoms with E-state index in [1.54, 1.807) is 0 Å². The number of aromatic nitrogens is 3. The average Bonchev–Trinajstić information content (AvgIpc) is 2.82. The fourth-order valence-electron chi connectivity index (χ4n) is 2.80. The Morgan fingerprint density at radius 2 is 1.89 bits per heavy atom. The third kappa shape index (κ3) is 2.23. The van der Waals surface area contributed by atoms with Gasteiger partial charge in [-0.2, -0.15) is 0 Å². The lowest BCUT2D eigenvalue weighted by molar-refractivity contribution is 0.473. The molecule has 4 heteroatoms. The zero-order chi connectivity index (χ0) is 13.2. The second kappa shape index (κ2) is 5.03. The standard InChI is InChI=1S/C15H20N4/c1-12-8-6-7-11-19(12)15-17-16-14(18(15)2)13-9-4-3-5-10-13/h3-5,9-10,12H,6-8,11H2,1-2H3/t12-/m1/s1. The molecule has 0 unspecified atom stereocenters.